The first kappa shape index (κ1) is 16.0. The molecule has 0 spiro atoms. The summed E-state index contributed by atoms with van der Waals surface area (Å²) >= 11 is 0. The summed E-state index contributed by atoms with van der Waals surface area (Å²) in [7, 11) is 0. The molecule has 0 aromatic heterocycles. The van der Waals surface area contributed by atoms with Crippen molar-refractivity contribution in [2.45, 2.75) is 65.1 Å². The Bertz CT molecular complexity index is 476. The zero-order chi connectivity index (χ0) is 15.4. The number of piperidine rings is 1. The van der Waals surface area contributed by atoms with E-state index in [2.05, 4.69) is 18.7 Å². The third-order valence-corrected chi connectivity index (χ3v) is 4.41. The van der Waals surface area contributed by atoms with E-state index in [4.69, 9.17) is 4.74 Å². The van der Waals surface area contributed by atoms with Gasteiger partial charge in [-0.05, 0) is 52.7 Å². The predicted octanol–water partition coefficient (Wildman–Crippen LogP) is 3.80. The van der Waals surface area contributed by atoms with Gasteiger partial charge in [-0.2, -0.15) is 0 Å². The van der Waals surface area contributed by atoms with Gasteiger partial charge in [0.1, 0.15) is 6.10 Å². The van der Waals surface area contributed by atoms with Crippen molar-refractivity contribution in [1.29, 1.82) is 0 Å². The summed E-state index contributed by atoms with van der Waals surface area (Å²) in [6.07, 6.45) is 3.70. The lowest BCUT2D eigenvalue weighted by Gasteiger charge is -2.40. The van der Waals surface area contributed by atoms with Crippen LogP contribution in [0.2, 0.25) is 0 Å². The van der Waals surface area contributed by atoms with Crippen LogP contribution >= 0.6 is 0 Å². The lowest BCUT2D eigenvalue weighted by molar-refractivity contribution is 0.00811. The molecule has 2 rings (SSSR count). The third kappa shape index (κ3) is 4.31. The van der Waals surface area contributed by atoms with Gasteiger partial charge in [-0.1, -0.05) is 24.1 Å². The molecule has 1 heterocycles. The maximum absolute atomic E-state index is 12.2. The summed E-state index contributed by atoms with van der Waals surface area (Å²) in [5, 5.41) is 0. The number of esters is 1. The highest BCUT2D eigenvalue weighted by molar-refractivity contribution is 5.89. The van der Waals surface area contributed by atoms with Crippen molar-refractivity contribution >= 4 is 5.97 Å². The molecule has 3 atom stereocenters. The van der Waals surface area contributed by atoms with E-state index in [0.717, 1.165) is 12.1 Å². The summed E-state index contributed by atoms with van der Waals surface area (Å²) in [5.41, 5.74) is 1.72. The van der Waals surface area contributed by atoms with Crippen molar-refractivity contribution < 1.29 is 9.53 Å². The molecule has 1 aromatic rings. The number of ether oxygens (including phenoxy) is 1. The number of aryl methyl sites for hydroxylation is 1. The first-order valence-electron chi connectivity index (χ1n) is 8.00. The summed E-state index contributed by atoms with van der Waals surface area (Å²) in [6.45, 7) is 9.33. The zero-order valence-corrected chi connectivity index (χ0v) is 13.6. The van der Waals surface area contributed by atoms with Crippen LogP contribution in [-0.2, 0) is 4.74 Å². The first-order chi connectivity index (χ1) is 9.97. The van der Waals surface area contributed by atoms with E-state index < -0.39 is 0 Å². The molecule has 0 aliphatic carbocycles. The fourth-order valence-corrected chi connectivity index (χ4v) is 3.19. The molecule has 0 unspecified atom stereocenters. The SMILES string of the molecule is Cc1cccc(C(=O)O[C@H](C)CN2[C@H](C)CCC[C@@H]2C)c1. The number of hydrogen-bond acceptors (Lipinski definition) is 3. The summed E-state index contributed by atoms with van der Waals surface area (Å²) in [4.78, 5) is 14.6. The smallest absolute Gasteiger partial charge is 0.338 e. The molecule has 3 heteroatoms. The summed E-state index contributed by atoms with van der Waals surface area (Å²) < 4.78 is 5.61. The van der Waals surface area contributed by atoms with Gasteiger partial charge in [0.25, 0.3) is 0 Å². The molecule has 1 aliphatic rings. The predicted molar refractivity (Wildman–Crippen MR) is 85.5 cm³/mol. The van der Waals surface area contributed by atoms with Crippen molar-refractivity contribution in [3.8, 4) is 0 Å². The van der Waals surface area contributed by atoms with Crippen LogP contribution in [-0.4, -0.2) is 35.6 Å². The Morgan fingerprint density at radius 1 is 1.33 bits per heavy atom. The molecule has 0 radical (unpaired) electrons. The second-order valence-electron chi connectivity index (χ2n) is 6.41. The molecule has 1 aliphatic heterocycles. The van der Waals surface area contributed by atoms with E-state index in [1.54, 1.807) is 0 Å². The van der Waals surface area contributed by atoms with Crippen LogP contribution in [0, 0.1) is 6.92 Å². The van der Waals surface area contributed by atoms with Crippen LogP contribution in [0.1, 0.15) is 56.0 Å². The van der Waals surface area contributed by atoms with Crippen molar-refractivity contribution in [3.05, 3.63) is 35.4 Å². The highest BCUT2D eigenvalue weighted by Gasteiger charge is 2.26. The normalized spacial score (nSPS) is 24.6. The molecule has 0 bridgehead atoms. The van der Waals surface area contributed by atoms with Gasteiger partial charge in [-0.15, -0.1) is 0 Å². The molecule has 0 amide bonds. The topological polar surface area (TPSA) is 29.5 Å². The Hall–Kier alpha value is -1.35. The van der Waals surface area contributed by atoms with Crippen LogP contribution in [0.3, 0.4) is 0 Å². The van der Waals surface area contributed by atoms with Crippen LogP contribution in [0.25, 0.3) is 0 Å². The lowest BCUT2D eigenvalue weighted by atomic mass is 9.97. The van der Waals surface area contributed by atoms with E-state index >= 15 is 0 Å². The van der Waals surface area contributed by atoms with Crippen LogP contribution in [0.5, 0.6) is 0 Å². The molecule has 21 heavy (non-hydrogen) atoms. The van der Waals surface area contributed by atoms with Gasteiger partial charge < -0.3 is 4.74 Å². The Morgan fingerprint density at radius 3 is 2.62 bits per heavy atom. The Labute approximate surface area is 128 Å². The number of rotatable bonds is 4. The van der Waals surface area contributed by atoms with E-state index in [9.17, 15) is 4.79 Å². The van der Waals surface area contributed by atoms with Gasteiger partial charge in [0.05, 0.1) is 5.56 Å². The lowest BCUT2D eigenvalue weighted by Crippen LogP contribution is -2.47. The first-order valence-corrected chi connectivity index (χ1v) is 8.00. The van der Waals surface area contributed by atoms with Crippen molar-refractivity contribution in [1.82, 2.24) is 4.90 Å². The van der Waals surface area contributed by atoms with Gasteiger partial charge in [0, 0.05) is 18.6 Å². The average Bonchev–Trinajstić information content (AvgIpc) is 2.43. The fourth-order valence-electron chi connectivity index (χ4n) is 3.19. The Morgan fingerprint density at radius 2 is 2.00 bits per heavy atom. The van der Waals surface area contributed by atoms with Crippen molar-refractivity contribution in [3.63, 3.8) is 0 Å². The minimum atomic E-state index is -0.219. The molecular formula is C18H27NO2. The van der Waals surface area contributed by atoms with Crippen LogP contribution in [0.15, 0.2) is 24.3 Å². The number of benzene rings is 1. The summed E-state index contributed by atoms with van der Waals surface area (Å²) in [5.74, 6) is -0.219. The number of hydrogen-bond donors (Lipinski definition) is 0. The maximum atomic E-state index is 12.2. The molecule has 116 valence electrons. The highest BCUT2D eigenvalue weighted by Crippen LogP contribution is 2.23. The molecule has 0 N–H and O–H groups in total. The third-order valence-electron chi connectivity index (χ3n) is 4.41. The van der Waals surface area contributed by atoms with E-state index in [1.165, 1.54) is 19.3 Å². The fraction of sp³-hybridized carbons (Fsp3) is 0.611. The monoisotopic (exact) mass is 289 g/mol. The van der Waals surface area contributed by atoms with Gasteiger partial charge >= 0.3 is 5.97 Å². The van der Waals surface area contributed by atoms with E-state index in [-0.39, 0.29) is 12.1 Å². The van der Waals surface area contributed by atoms with Crippen LogP contribution in [0.4, 0.5) is 0 Å². The quantitative estimate of drug-likeness (QED) is 0.790. The molecule has 1 saturated heterocycles. The standard InChI is InChI=1S/C18H27NO2/c1-13-7-5-10-17(11-13)18(20)21-16(4)12-19-14(2)8-6-9-15(19)3/h5,7,10-11,14-16H,6,8-9,12H2,1-4H3/t14-,15+,16-/m1/s1. The second-order valence-corrected chi connectivity index (χ2v) is 6.41. The number of carbonyl (C=O) groups excluding carboxylic acids is 1. The molecule has 1 fully saturated rings. The largest absolute Gasteiger partial charge is 0.458 e. The number of nitrogens with zero attached hydrogens (tertiary/aromatic N) is 1. The maximum Gasteiger partial charge on any atom is 0.338 e. The molecular weight excluding hydrogens is 262 g/mol. The van der Waals surface area contributed by atoms with Gasteiger partial charge in [-0.25, -0.2) is 4.79 Å². The van der Waals surface area contributed by atoms with Crippen molar-refractivity contribution in [2.75, 3.05) is 6.54 Å². The van der Waals surface area contributed by atoms with Gasteiger partial charge in [-0.3, -0.25) is 4.90 Å². The minimum Gasteiger partial charge on any atom is -0.458 e. The zero-order valence-electron chi connectivity index (χ0n) is 13.6. The van der Waals surface area contributed by atoms with Crippen LogP contribution < -0.4 is 0 Å². The highest BCUT2D eigenvalue weighted by atomic mass is 16.5. The number of carbonyl (C=O) groups is 1. The van der Waals surface area contributed by atoms with E-state index in [1.807, 2.05) is 38.1 Å². The van der Waals surface area contributed by atoms with Gasteiger partial charge in [0.15, 0.2) is 0 Å². The minimum absolute atomic E-state index is 0.0824. The number of likely N-dealkylation sites (tertiary alicyclic amines) is 1. The van der Waals surface area contributed by atoms with Gasteiger partial charge in [0.2, 0.25) is 0 Å². The Balaban J connectivity index is 1.92. The molecule has 1 aromatic carbocycles. The van der Waals surface area contributed by atoms with Crippen molar-refractivity contribution in [2.24, 2.45) is 0 Å². The summed E-state index contributed by atoms with van der Waals surface area (Å²) in [6, 6.07) is 8.72. The second kappa shape index (κ2) is 7.08. The Kier molecular flexibility index (Phi) is 5.40. The van der Waals surface area contributed by atoms with E-state index in [0.29, 0.717) is 17.6 Å². The average molecular weight is 289 g/mol. The molecule has 0 saturated carbocycles. The molecule has 3 nitrogen and oxygen atoms in total.